The molecule has 1 saturated heterocycles. The van der Waals surface area contributed by atoms with Crippen LogP contribution in [-0.4, -0.2) is 72.1 Å². The summed E-state index contributed by atoms with van der Waals surface area (Å²) in [5, 5.41) is 10.2. The van der Waals surface area contributed by atoms with Crippen molar-refractivity contribution in [2.45, 2.75) is 38.3 Å². The molecule has 2 aromatic rings. The predicted molar refractivity (Wildman–Crippen MR) is 132 cm³/mol. The fourth-order valence-corrected chi connectivity index (χ4v) is 4.54. The van der Waals surface area contributed by atoms with Gasteiger partial charge in [0, 0.05) is 56.8 Å². The van der Waals surface area contributed by atoms with E-state index < -0.39 is 0 Å². The number of piperazine rings is 1. The number of hydrogen-bond acceptors (Lipinski definition) is 8. The monoisotopic (exact) mass is 472 g/mol. The Kier molecular flexibility index (Phi) is 7.82. The Balaban J connectivity index is 1.30. The molecule has 1 aliphatic heterocycles. The second kappa shape index (κ2) is 11.0. The Hall–Kier alpha value is -2.65. The summed E-state index contributed by atoms with van der Waals surface area (Å²) >= 11 is 6.19. The van der Waals surface area contributed by atoms with Crippen molar-refractivity contribution >= 4 is 35.4 Å². The van der Waals surface area contributed by atoms with Crippen molar-refractivity contribution in [2.24, 2.45) is 5.92 Å². The zero-order valence-electron chi connectivity index (χ0n) is 19.4. The van der Waals surface area contributed by atoms with Crippen LogP contribution in [0.2, 0.25) is 5.02 Å². The van der Waals surface area contributed by atoms with E-state index in [0.29, 0.717) is 29.4 Å². The van der Waals surface area contributed by atoms with Crippen LogP contribution in [0.3, 0.4) is 0 Å². The van der Waals surface area contributed by atoms with Gasteiger partial charge in [0.1, 0.15) is 0 Å². The Morgan fingerprint density at radius 3 is 2.42 bits per heavy atom. The topological polar surface area (TPSA) is 98.3 Å². The fourth-order valence-electron chi connectivity index (χ4n) is 4.34. The summed E-state index contributed by atoms with van der Waals surface area (Å²) in [5.74, 6) is 1.99. The number of aromatic nitrogens is 3. The van der Waals surface area contributed by atoms with E-state index in [1.54, 1.807) is 0 Å². The maximum absolute atomic E-state index is 12.6. The summed E-state index contributed by atoms with van der Waals surface area (Å²) in [4.78, 5) is 30.9. The number of benzene rings is 1. The van der Waals surface area contributed by atoms with Crippen LogP contribution in [0.5, 0.6) is 0 Å². The highest BCUT2D eigenvalue weighted by Crippen LogP contribution is 2.27. The summed E-state index contributed by atoms with van der Waals surface area (Å²) in [7, 11) is 3.95. The lowest BCUT2D eigenvalue weighted by atomic mass is 9.85. The van der Waals surface area contributed by atoms with E-state index in [9.17, 15) is 4.79 Å². The molecule has 2 heterocycles. The van der Waals surface area contributed by atoms with Crippen LogP contribution in [-0.2, 0) is 11.3 Å². The third-order valence-electron chi connectivity index (χ3n) is 6.48. The third kappa shape index (κ3) is 6.23. The van der Waals surface area contributed by atoms with E-state index in [0.717, 1.165) is 57.4 Å². The molecular formula is C23H33ClN8O. The first-order valence-electron chi connectivity index (χ1n) is 11.7. The standard InChI is InChI=1S/C23H33ClN8O/c1-25-21-28-22(30-23(29-21)32-13-11-31(2)12-14-32)27-18-9-7-16(8-10-18)20(33)26-15-17-5-3-4-6-19(17)24/h3-6,16,18H,7-15H2,1-2H3,(H,26,33)(H2,25,27,28,29,30). The van der Waals surface area contributed by atoms with Gasteiger partial charge in [0.05, 0.1) is 0 Å². The maximum Gasteiger partial charge on any atom is 0.232 e. The van der Waals surface area contributed by atoms with Gasteiger partial charge >= 0.3 is 0 Å². The lowest BCUT2D eigenvalue weighted by molar-refractivity contribution is -0.126. The molecule has 0 spiro atoms. The molecule has 0 bridgehead atoms. The van der Waals surface area contributed by atoms with Crippen molar-refractivity contribution in [1.82, 2.24) is 25.2 Å². The molecule has 3 N–H and O–H groups in total. The van der Waals surface area contributed by atoms with Crippen LogP contribution in [0.1, 0.15) is 31.2 Å². The first kappa shape index (κ1) is 23.5. The fraction of sp³-hybridized carbons (Fsp3) is 0.565. The number of carbonyl (C=O) groups is 1. The van der Waals surface area contributed by atoms with Gasteiger partial charge in [-0.2, -0.15) is 15.0 Å². The zero-order valence-corrected chi connectivity index (χ0v) is 20.1. The molecule has 1 aromatic heterocycles. The van der Waals surface area contributed by atoms with Gasteiger partial charge in [-0.1, -0.05) is 29.8 Å². The van der Waals surface area contributed by atoms with E-state index in [2.05, 4.69) is 42.8 Å². The van der Waals surface area contributed by atoms with E-state index in [1.165, 1.54) is 0 Å². The van der Waals surface area contributed by atoms with Gasteiger partial charge in [0.25, 0.3) is 0 Å². The molecule has 0 atom stereocenters. The largest absolute Gasteiger partial charge is 0.357 e. The van der Waals surface area contributed by atoms with Crippen molar-refractivity contribution in [1.29, 1.82) is 0 Å². The minimum Gasteiger partial charge on any atom is -0.357 e. The molecule has 2 fully saturated rings. The summed E-state index contributed by atoms with van der Waals surface area (Å²) in [6, 6.07) is 7.84. The van der Waals surface area contributed by atoms with E-state index in [1.807, 2.05) is 31.3 Å². The Bertz CT molecular complexity index is 942. The second-order valence-corrected chi connectivity index (χ2v) is 9.23. The molecular weight excluding hydrogens is 440 g/mol. The number of likely N-dealkylation sites (N-methyl/N-ethyl adjacent to an activating group) is 1. The van der Waals surface area contributed by atoms with Crippen molar-refractivity contribution in [3.63, 3.8) is 0 Å². The maximum atomic E-state index is 12.6. The van der Waals surface area contributed by atoms with Crippen LogP contribution in [0.4, 0.5) is 17.8 Å². The van der Waals surface area contributed by atoms with Gasteiger partial charge in [-0.05, 0) is 44.4 Å². The highest BCUT2D eigenvalue weighted by atomic mass is 35.5. The van der Waals surface area contributed by atoms with Gasteiger partial charge in [0.15, 0.2) is 0 Å². The molecule has 178 valence electrons. The van der Waals surface area contributed by atoms with Crippen LogP contribution in [0.25, 0.3) is 0 Å². The highest BCUT2D eigenvalue weighted by Gasteiger charge is 2.27. The molecule has 2 aliphatic rings. The van der Waals surface area contributed by atoms with E-state index >= 15 is 0 Å². The molecule has 1 saturated carbocycles. The number of amides is 1. The second-order valence-electron chi connectivity index (χ2n) is 8.83. The van der Waals surface area contributed by atoms with Gasteiger partial charge in [0.2, 0.25) is 23.8 Å². The van der Waals surface area contributed by atoms with E-state index in [-0.39, 0.29) is 17.9 Å². The van der Waals surface area contributed by atoms with Gasteiger partial charge in [-0.15, -0.1) is 0 Å². The molecule has 1 amide bonds. The normalized spacial score (nSPS) is 21.5. The van der Waals surface area contributed by atoms with Crippen molar-refractivity contribution in [3.05, 3.63) is 34.9 Å². The first-order chi connectivity index (χ1) is 16.0. The number of carbonyl (C=O) groups excluding carboxylic acids is 1. The first-order valence-corrected chi connectivity index (χ1v) is 12.0. The average Bonchev–Trinajstić information content (AvgIpc) is 2.84. The number of anilines is 3. The smallest absolute Gasteiger partial charge is 0.232 e. The summed E-state index contributed by atoms with van der Waals surface area (Å²) in [6.07, 6.45) is 3.46. The number of nitrogens with zero attached hydrogens (tertiary/aromatic N) is 5. The third-order valence-corrected chi connectivity index (χ3v) is 6.84. The molecule has 33 heavy (non-hydrogen) atoms. The molecule has 0 unspecified atom stereocenters. The van der Waals surface area contributed by atoms with Gasteiger partial charge in [-0.3, -0.25) is 4.79 Å². The lowest BCUT2D eigenvalue weighted by Gasteiger charge is -2.33. The Morgan fingerprint density at radius 2 is 1.73 bits per heavy atom. The molecule has 0 radical (unpaired) electrons. The van der Waals surface area contributed by atoms with Crippen LogP contribution >= 0.6 is 11.6 Å². The minimum atomic E-state index is 0.0256. The van der Waals surface area contributed by atoms with Crippen molar-refractivity contribution < 1.29 is 4.79 Å². The SMILES string of the molecule is CNc1nc(NC2CCC(C(=O)NCc3ccccc3Cl)CC2)nc(N2CCN(C)CC2)n1. The van der Waals surface area contributed by atoms with Crippen LogP contribution in [0, 0.1) is 5.92 Å². The number of halogens is 1. The summed E-state index contributed by atoms with van der Waals surface area (Å²) < 4.78 is 0. The Labute approximate surface area is 200 Å². The molecule has 1 aliphatic carbocycles. The van der Waals surface area contributed by atoms with Crippen molar-refractivity contribution in [2.75, 3.05) is 55.8 Å². The average molecular weight is 473 g/mol. The zero-order chi connectivity index (χ0) is 23.2. The molecule has 9 nitrogen and oxygen atoms in total. The number of hydrogen-bond donors (Lipinski definition) is 3. The summed E-state index contributed by atoms with van der Waals surface area (Å²) in [5.41, 5.74) is 0.939. The minimum absolute atomic E-state index is 0.0256. The quantitative estimate of drug-likeness (QED) is 0.565. The lowest BCUT2D eigenvalue weighted by Crippen LogP contribution is -2.45. The number of rotatable bonds is 7. The molecule has 4 rings (SSSR count). The summed E-state index contributed by atoms with van der Waals surface area (Å²) in [6.45, 7) is 4.25. The van der Waals surface area contributed by atoms with Gasteiger partial charge < -0.3 is 25.8 Å². The van der Waals surface area contributed by atoms with E-state index in [4.69, 9.17) is 16.6 Å². The van der Waals surface area contributed by atoms with Gasteiger partial charge in [-0.25, -0.2) is 0 Å². The van der Waals surface area contributed by atoms with Crippen LogP contribution < -0.4 is 20.9 Å². The molecule has 10 heteroatoms. The highest BCUT2D eigenvalue weighted by molar-refractivity contribution is 6.31. The van der Waals surface area contributed by atoms with Crippen LogP contribution in [0.15, 0.2) is 24.3 Å². The number of nitrogens with one attached hydrogen (secondary N) is 3. The van der Waals surface area contributed by atoms with Crippen molar-refractivity contribution in [3.8, 4) is 0 Å². The predicted octanol–water partition coefficient (Wildman–Crippen LogP) is 2.61. The molecule has 1 aromatic carbocycles. The Morgan fingerprint density at radius 1 is 1.03 bits per heavy atom.